The van der Waals surface area contributed by atoms with Crippen molar-refractivity contribution in [1.82, 2.24) is 15.1 Å². The molecule has 6 heteroatoms. The van der Waals surface area contributed by atoms with Crippen molar-refractivity contribution < 1.29 is 4.79 Å². The first-order valence-corrected chi connectivity index (χ1v) is 11.0. The molecule has 0 radical (unpaired) electrons. The van der Waals surface area contributed by atoms with Crippen LogP contribution in [0.15, 0.2) is 30.3 Å². The number of carbonyl (C=O) groups is 1. The summed E-state index contributed by atoms with van der Waals surface area (Å²) < 4.78 is 0. The molecule has 0 aromatic heterocycles. The summed E-state index contributed by atoms with van der Waals surface area (Å²) in [5, 5.41) is 3.45. The van der Waals surface area contributed by atoms with E-state index < -0.39 is 0 Å². The number of benzene rings is 1. The number of likely N-dealkylation sites (tertiary alicyclic amines) is 1. The molecule has 4 rings (SSSR count). The summed E-state index contributed by atoms with van der Waals surface area (Å²) in [5.41, 5.74) is 1.72. The van der Waals surface area contributed by atoms with Crippen LogP contribution in [0.3, 0.4) is 0 Å². The van der Waals surface area contributed by atoms with Gasteiger partial charge in [0.15, 0.2) is 0 Å². The Kier molecular flexibility index (Phi) is 9.27. The van der Waals surface area contributed by atoms with E-state index in [4.69, 9.17) is 0 Å². The van der Waals surface area contributed by atoms with Crippen LogP contribution in [-0.2, 0) is 11.3 Å². The minimum absolute atomic E-state index is 0. The summed E-state index contributed by atoms with van der Waals surface area (Å²) >= 11 is 0. The predicted octanol–water partition coefficient (Wildman–Crippen LogP) is 4.12. The first-order valence-electron chi connectivity index (χ1n) is 11.0. The zero-order chi connectivity index (χ0) is 18.7. The highest BCUT2D eigenvalue weighted by Gasteiger charge is 2.58. The Balaban J connectivity index is 0.00000150. The number of carbonyl (C=O) groups excluding carboxylic acids is 1. The van der Waals surface area contributed by atoms with Crippen molar-refractivity contribution in [2.24, 2.45) is 11.3 Å². The van der Waals surface area contributed by atoms with E-state index in [1.165, 1.54) is 24.8 Å². The Morgan fingerprint density at radius 3 is 2.62 bits per heavy atom. The Labute approximate surface area is 188 Å². The lowest BCUT2D eigenvalue weighted by atomic mass is 9.91. The SMILES string of the molecule is CCCN(C(=O)C1CC12CCNCC2)C1CCCN(Cc2ccccc2)C1.Cl.Cl. The van der Waals surface area contributed by atoms with Crippen LogP contribution in [0.1, 0.15) is 51.0 Å². The Hall–Kier alpha value is -0.810. The van der Waals surface area contributed by atoms with Crippen molar-refractivity contribution in [3.8, 4) is 0 Å². The van der Waals surface area contributed by atoms with Gasteiger partial charge in [-0.2, -0.15) is 0 Å². The van der Waals surface area contributed by atoms with E-state index >= 15 is 0 Å². The third kappa shape index (κ3) is 5.66. The van der Waals surface area contributed by atoms with Crippen LogP contribution in [0.25, 0.3) is 0 Å². The fourth-order valence-corrected chi connectivity index (χ4v) is 5.36. The lowest BCUT2D eigenvalue weighted by Gasteiger charge is -2.40. The fraction of sp³-hybridized carbons (Fsp3) is 0.696. The molecule has 3 fully saturated rings. The maximum atomic E-state index is 13.4. The van der Waals surface area contributed by atoms with E-state index in [9.17, 15) is 4.79 Å². The summed E-state index contributed by atoms with van der Waals surface area (Å²) in [5.74, 6) is 0.765. The molecule has 2 atom stereocenters. The van der Waals surface area contributed by atoms with E-state index in [-0.39, 0.29) is 24.8 Å². The Bertz CT molecular complexity index is 636. The Morgan fingerprint density at radius 1 is 1.21 bits per heavy atom. The van der Waals surface area contributed by atoms with E-state index in [1.54, 1.807) is 0 Å². The lowest BCUT2D eigenvalue weighted by molar-refractivity contribution is -0.137. The van der Waals surface area contributed by atoms with E-state index in [2.05, 4.69) is 52.4 Å². The minimum Gasteiger partial charge on any atom is -0.338 e. The average molecular weight is 442 g/mol. The fourth-order valence-electron chi connectivity index (χ4n) is 5.36. The van der Waals surface area contributed by atoms with E-state index in [0.29, 0.717) is 23.3 Å². The zero-order valence-electron chi connectivity index (χ0n) is 17.6. The van der Waals surface area contributed by atoms with Crippen molar-refractivity contribution in [2.45, 2.75) is 58.0 Å². The summed E-state index contributed by atoms with van der Waals surface area (Å²) in [7, 11) is 0. The standard InChI is InChI=1S/C23H35N3O.2ClH/c1-2-14-26(22(27)21-16-23(21)10-12-24-13-11-23)20-9-6-15-25(18-20)17-19-7-4-3-5-8-19;;/h3-5,7-8,20-21,24H,2,6,9-18H2,1H3;2*1H. The highest BCUT2D eigenvalue weighted by atomic mass is 35.5. The second-order valence-electron chi connectivity index (χ2n) is 8.92. The molecule has 164 valence electrons. The quantitative estimate of drug-likeness (QED) is 0.720. The summed E-state index contributed by atoms with van der Waals surface area (Å²) in [6.07, 6.45) is 6.93. The van der Waals surface area contributed by atoms with Crippen molar-refractivity contribution in [3.05, 3.63) is 35.9 Å². The van der Waals surface area contributed by atoms with Crippen LogP contribution in [0.5, 0.6) is 0 Å². The van der Waals surface area contributed by atoms with Gasteiger partial charge in [0.1, 0.15) is 0 Å². The molecule has 1 spiro atoms. The van der Waals surface area contributed by atoms with E-state index in [1.807, 2.05) is 0 Å². The Morgan fingerprint density at radius 2 is 1.93 bits per heavy atom. The smallest absolute Gasteiger partial charge is 0.226 e. The normalized spacial score (nSPS) is 25.6. The molecule has 1 aliphatic carbocycles. The van der Waals surface area contributed by atoms with Gasteiger partial charge in [0.05, 0.1) is 0 Å². The lowest BCUT2D eigenvalue weighted by Crippen LogP contribution is -2.51. The molecule has 2 heterocycles. The summed E-state index contributed by atoms with van der Waals surface area (Å²) in [6, 6.07) is 11.1. The summed E-state index contributed by atoms with van der Waals surface area (Å²) in [6.45, 7) is 8.49. The van der Waals surface area contributed by atoms with Crippen LogP contribution < -0.4 is 5.32 Å². The van der Waals surface area contributed by atoms with Crippen molar-refractivity contribution in [2.75, 3.05) is 32.7 Å². The maximum absolute atomic E-state index is 13.4. The van der Waals surface area contributed by atoms with Crippen LogP contribution >= 0.6 is 24.8 Å². The molecule has 1 amide bonds. The topological polar surface area (TPSA) is 35.6 Å². The van der Waals surface area contributed by atoms with E-state index in [0.717, 1.165) is 58.5 Å². The van der Waals surface area contributed by atoms with Gasteiger partial charge in [-0.3, -0.25) is 9.69 Å². The van der Waals surface area contributed by atoms with Gasteiger partial charge in [0.25, 0.3) is 0 Å². The van der Waals surface area contributed by atoms with Gasteiger partial charge in [-0.05, 0) is 69.1 Å². The number of amides is 1. The second-order valence-corrected chi connectivity index (χ2v) is 8.92. The number of halogens is 2. The summed E-state index contributed by atoms with van der Waals surface area (Å²) in [4.78, 5) is 18.2. The van der Waals surface area contributed by atoms with Crippen molar-refractivity contribution >= 4 is 30.7 Å². The molecule has 1 aromatic rings. The third-order valence-corrected chi connectivity index (χ3v) is 7.01. The van der Waals surface area contributed by atoms with Gasteiger partial charge in [-0.1, -0.05) is 37.3 Å². The molecule has 2 saturated heterocycles. The number of piperidine rings is 2. The second kappa shape index (κ2) is 11.0. The predicted molar refractivity (Wildman–Crippen MR) is 124 cm³/mol. The number of hydrogen-bond donors (Lipinski definition) is 1. The monoisotopic (exact) mass is 441 g/mol. The molecular formula is C23H37Cl2N3O. The number of hydrogen-bond acceptors (Lipinski definition) is 3. The van der Waals surface area contributed by atoms with Gasteiger partial charge in [-0.25, -0.2) is 0 Å². The number of nitrogens with zero attached hydrogens (tertiary/aromatic N) is 2. The van der Waals surface area contributed by atoms with Crippen LogP contribution in [0.4, 0.5) is 0 Å². The van der Waals surface area contributed by atoms with Crippen LogP contribution in [-0.4, -0.2) is 54.5 Å². The molecule has 1 saturated carbocycles. The molecule has 29 heavy (non-hydrogen) atoms. The van der Waals surface area contributed by atoms with Crippen molar-refractivity contribution in [1.29, 1.82) is 0 Å². The van der Waals surface area contributed by atoms with Gasteiger partial charge < -0.3 is 10.2 Å². The maximum Gasteiger partial charge on any atom is 0.226 e. The number of rotatable bonds is 6. The van der Waals surface area contributed by atoms with Crippen LogP contribution in [0, 0.1) is 11.3 Å². The molecule has 2 aliphatic heterocycles. The third-order valence-electron chi connectivity index (χ3n) is 7.01. The highest BCUT2D eigenvalue weighted by molar-refractivity contribution is 5.85. The average Bonchev–Trinajstić information content (AvgIpc) is 3.40. The zero-order valence-corrected chi connectivity index (χ0v) is 19.3. The first-order chi connectivity index (χ1) is 13.2. The molecule has 0 bridgehead atoms. The first kappa shape index (κ1) is 24.5. The van der Waals surface area contributed by atoms with Gasteiger partial charge in [0.2, 0.25) is 5.91 Å². The minimum atomic E-state index is 0. The number of nitrogens with one attached hydrogen (secondary N) is 1. The molecule has 3 aliphatic rings. The molecule has 1 N–H and O–H groups in total. The molecular weight excluding hydrogens is 405 g/mol. The van der Waals surface area contributed by atoms with Gasteiger partial charge in [-0.15, -0.1) is 24.8 Å². The van der Waals surface area contributed by atoms with Gasteiger partial charge >= 0.3 is 0 Å². The molecule has 1 aromatic carbocycles. The van der Waals surface area contributed by atoms with Crippen molar-refractivity contribution in [3.63, 3.8) is 0 Å². The van der Waals surface area contributed by atoms with Gasteiger partial charge in [0, 0.05) is 31.6 Å². The largest absolute Gasteiger partial charge is 0.338 e. The highest BCUT2D eigenvalue weighted by Crippen LogP contribution is 2.59. The molecule has 4 nitrogen and oxygen atoms in total. The van der Waals surface area contributed by atoms with Crippen LogP contribution in [0.2, 0.25) is 0 Å². The molecule has 2 unspecified atom stereocenters.